The first-order valence-corrected chi connectivity index (χ1v) is 23.9. The number of para-hydroxylation sites is 6. The molecule has 10 aromatic carbocycles. The van der Waals surface area contributed by atoms with E-state index in [1.807, 2.05) is 137 Å². The van der Waals surface area contributed by atoms with Crippen LogP contribution in [-0.2, 0) is 12.4 Å². The first kappa shape index (κ1) is 43.3. The van der Waals surface area contributed by atoms with Gasteiger partial charge in [-0.2, -0.15) is 31.6 Å². The van der Waals surface area contributed by atoms with Gasteiger partial charge in [0.25, 0.3) is 0 Å². The van der Waals surface area contributed by atoms with Crippen LogP contribution in [0.1, 0.15) is 16.7 Å². The van der Waals surface area contributed by atoms with Crippen LogP contribution in [0.15, 0.2) is 212 Å². The zero-order chi connectivity index (χ0) is 50.2. The Morgan fingerprint density at radius 1 is 0.311 bits per heavy atom. The number of benzene rings is 10. The number of halogens is 6. The molecule has 0 fully saturated rings. The summed E-state index contributed by atoms with van der Waals surface area (Å²) >= 11 is 0. The van der Waals surface area contributed by atoms with E-state index in [0.717, 1.165) is 82.6 Å². The summed E-state index contributed by atoms with van der Waals surface area (Å²) in [6.07, 6.45) is -10.4. The van der Waals surface area contributed by atoms with E-state index in [9.17, 15) is 5.26 Å². The van der Waals surface area contributed by atoms with Crippen molar-refractivity contribution in [2.24, 2.45) is 0 Å². The molecule has 0 saturated carbocycles. The Labute approximate surface area is 416 Å². The molecule has 74 heavy (non-hydrogen) atoms. The van der Waals surface area contributed by atoms with E-state index < -0.39 is 34.6 Å². The van der Waals surface area contributed by atoms with Gasteiger partial charge in [-0.25, -0.2) is 0 Å². The second-order valence-corrected chi connectivity index (χ2v) is 18.6. The van der Waals surface area contributed by atoms with E-state index >= 15 is 26.3 Å². The highest BCUT2D eigenvalue weighted by atomic mass is 19.4. The second kappa shape index (κ2) is 15.7. The Hall–Kier alpha value is -9.53. The third-order valence-electron chi connectivity index (χ3n) is 14.7. The highest BCUT2D eigenvalue weighted by molar-refractivity contribution is 6.15. The van der Waals surface area contributed by atoms with Crippen molar-refractivity contribution in [2.45, 2.75) is 12.4 Å². The lowest BCUT2D eigenvalue weighted by Gasteiger charge is -2.23. The Bertz CT molecular complexity index is 4590. The van der Waals surface area contributed by atoms with Gasteiger partial charge < -0.3 is 18.3 Å². The summed E-state index contributed by atoms with van der Waals surface area (Å²) in [7, 11) is 0. The summed E-state index contributed by atoms with van der Waals surface area (Å²) in [5.41, 5.74) is 4.07. The Morgan fingerprint density at radius 2 is 0.622 bits per heavy atom. The summed E-state index contributed by atoms with van der Waals surface area (Å²) in [5, 5.41) is 18.6. The van der Waals surface area contributed by atoms with Gasteiger partial charge in [-0.05, 0) is 97.1 Å². The zero-order valence-corrected chi connectivity index (χ0v) is 38.7. The first-order chi connectivity index (χ1) is 36.0. The smallest absolute Gasteiger partial charge is 0.309 e. The van der Waals surface area contributed by atoms with Crippen LogP contribution in [0.5, 0.6) is 0 Å². The largest absolute Gasteiger partial charge is 0.417 e. The van der Waals surface area contributed by atoms with Crippen molar-refractivity contribution in [2.75, 3.05) is 0 Å². The van der Waals surface area contributed by atoms with Crippen LogP contribution in [0.3, 0.4) is 0 Å². The van der Waals surface area contributed by atoms with Crippen LogP contribution < -0.4 is 0 Å². The average Bonchev–Trinajstić information content (AvgIpc) is 4.15. The van der Waals surface area contributed by atoms with E-state index in [1.165, 1.54) is 12.1 Å². The lowest BCUT2D eigenvalue weighted by atomic mass is 9.89. The Morgan fingerprint density at radius 3 is 0.973 bits per heavy atom. The minimum absolute atomic E-state index is 0.258. The van der Waals surface area contributed by atoms with Gasteiger partial charge in [-0.1, -0.05) is 115 Å². The molecule has 4 aromatic heterocycles. The molecule has 0 aliphatic carbocycles. The number of nitrogens with zero attached hydrogens (tertiary/aromatic N) is 5. The molecule has 14 rings (SSSR count). The molecule has 0 amide bonds. The molecule has 0 aliphatic heterocycles. The molecular weight excluding hydrogens is 941 g/mol. The van der Waals surface area contributed by atoms with Crippen LogP contribution >= 0.6 is 0 Å². The van der Waals surface area contributed by atoms with Crippen molar-refractivity contribution >= 4 is 87.2 Å². The fourth-order valence-electron chi connectivity index (χ4n) is 11.7. The molecule has 11 heteroatoms. The van der Waals surface area contributed by atoms with Crippen LogP contribution in [0.25, 0.3) is 121 Å². The third kappa shape index (κ3) is 6.24. The lowest BCUT2D eigenvalue weighted by molar-refractivity contribution is -0.142. The zero-order valence-electron chi connectivity index (χ0n) is 38.7. The molecule has 0 atom stereocenters. The summed E-state index contributed by atoms with van der Waals surface area (Å²) in [6.45, 7) is 0. The number of rotatable bonds is 5. The van der Waals surface area contributed by atoms with Gasteiger partial charge in [-0.15, -0.1) is 0 Å². The van der Waals surface area contributed by atoms with Gasteiger partial charge in [0.2, 0.25) is 0 Å². The normalized spacial score (nSPS) is 12.4. The van der Waals surface area contributed by atoms with E-state index in [2.05, 4.69) is 69.8 Å². The Kier molecular flexibility index (Phi) is 9.20. The van der Waals surface area contributed by atoms with E-state index in [0.29, 0.717) is 39.9 Å². The molecule has 0 bridgehead atoms. The van der Waals surface area contributed by atoms with Crippen molar-refractivity contribution in [1.82, 2.24) is 18.3 Å². The minimum atomic E-state index is -5.21. The standard InChI is InChI=1S/C63H35F6N5/c64-62(65,66)49-20-13-21-50(63(67,68)69)61(49)46-35-60(74-56-27-12-6-19-45(56)48-34-39(29-31-58(48)74)72-53-24-9-3-16-42(53)43-17-4-10-25-54(43)72)59(32-37(46)36-70)73-55-26-11-5-18-44(55)47-33-38(28-30-57(47)73)71-51-22-7-1-14-40(51)41-15-2-8-23-52(41)71/h1-35H. The van der Waals surface area contributed by atoms with Crippen molar-refractivity contribution in [3.05, 3.63) is 229 Å². The number of alkyl halides is 6. The molecule has 0 saturated heterocycles. The van der Waals surface area contributed by atoms with E-state index in [1.54, 1.807) is 0 Å². The number of fused-ring (bicyclic) bond motifs is 12. The highest BCUT2D eigenvalue weighted by Gasteiger charge is 2.42. The fourth-order valence-corrected chi connectivity index (χ4v) is 11.7. The van der Waals surface area contributed by atoms with Gasteiger partial charge >= 0.3 is 12.4 Å². The van der Waals surface area contributed by atoms with Crippen LogP contribution in [0, 0.1) is 11.3 Å². The molecule has 4 heterocycles. The summed E-state index contributed by atoms with van der Waals surface area (Å²) in [4.78, 5) is 0. The minimum Gasteiger partial charge on any atom is -0.309 e. The number of aromatic nitrogens is 4. The molecule has 0 unspecified atom stereocenters. The molecule has 354 valence electrons. The molecule has 0 radical (unpaired) electrons. The highest BCUT2D eigenvalue weighted by Crippen LogP contribution is 2.49. The summed E-state index contributed by atoms with van der Waals surface area (Å²) in [5.74, 6) is 0. The van der Waals surface area contributed by atoms with Gasteiger partial charge in [0.05, 0.1) is 78.3 Å². The van der Waals surface area contributed by atoms with Crippen LogP contribution in [0.4, 0.5) is 26.3 Å². The quantitative estimate of drug-likeness (QED) is 0.159. The second-order valence-electron chi connectivity index (χ2n) is 18.6. The number of hydrogen-bond acceptors (Lipinski definition) is 1. The molecule has 14 aromatic rings. The lowest BCUT2D eigenvalue weighted by Crippen LogP contribution is -2.15. The monoisotopic (exact) mass is 975 g/mol. The maximum absolute atomic E-state index is 15.2. The predicted octanol–water partition coefficient (Wildman–Crippen LogP) is 17.7. The van der Waals surface area contributed by atoms with Gasteiger partial charge in [0, 0.05) is 65.6 Å². The third-order valence-corrected chi connectivity index (χ3v) is 14.7. The van der Waals surface area contributed by atoms with Crippen molar-refractivity contribution in [1.29, 1.82) is 5.26 Å². The van der Waals surface area contributed by atoms with E-state index in [4.69, 9.17) is 0 Å². The predicted molar refractivity (Wildman–Crippen MR) is 284 cm³/mol. The molecule has 0 N–H and O–H groups in total. The van der Waals surface area contributed by atoms with Gasteiger partial charge in [-0.3, -0.25) is 0 Å². The number of hydrogen-bond donors (Lipinski definition) is 0. The number of nitriles is 1. The average molecular weight is 976 g/mol. The van der Waals surface area contributed by atoms with E-state index in [-0.39, 0.29) is 11.3 Å². The summed E-state index contributed by atoms with van der Waals surface area (Å²) in [6, 6.07) is 67.1. The van der Waals surface area contributed by atoms with Gasteiger partial charge in [0.1, 0.15) is 0 Å². The molecule has 5 nitrogen and oxygen atoms in total. The SMILES string of the molecule is N#Cc1cc(-n2c3ccccc3c3cc(-n4c5ccccc5c5ccccc54)ccc32)c(-n2c3ccccc3c3cc(-n4c5ccccc5c5ccccc54)ccc32)cc1-c1c(C(F)(F)F)cccc1C(F)(F)F. The van der Waals surface area contributed by atoms with Crippen LogP contribution in [0.2, 0.25) is 0 Å². The molecule has 0 aliphatic rings. The van der Waals surface area contributed by atoms with Crippen molar-refractivity contribution in [3.8, 4) is 39.9 Å². The molecular formula is C63H35F6N5. The van der Waals surface area contributed by atoms with Crippen molar-refractivity contribution in [3.63, 3.8) is 0 Å². The maximum Gasteiger partial charge on any atom is 0.417 e. The van der Waals surface area contributed by atoms with Gasteiger partial charge in [0.15, 0.2) is 0 Å². The molecule has 0 spiro atoms. The maximum atomic E-state index is 15.2. The first-order valence-electron chi connectivity index (χ1n) is 23.9. The van der Waals surface area contributed by atoms with Crippen LogP contribution in [-0.4, -0.2) is 18.3 Å². The Balaban J connectivity index is 1.10. The van der Waals surface area contributed by atoms with Crippen molar-refractivity contribution < 1.29 is 26.3 Å². The topological polar surface area (TPSA) is 43.5 Å². The fraction of sp³-hybridized carbons (Fsp3) is 0.0317. The summed E-state index contributed by atoms with van der Waals surface area (Å²) < 4.78 is 99.3.